The number of allylic oxidation sites excluding steroid dienone is 1. The topological polar surface area (TPSA) is 87.8 Å². The fraction of sp³-hybridized carbons (Fsp3) is 0.625. The monoisotopic (exact) mass is 237 g/mol. The predicted octanol–water partition coefficient (Wildman–Crippen LogP) is 1.57. The van der Waals surface area contributed by atoms with E-state index in [-0.39, 0.29) is 11.3 Å². The van der Waals surface area contributed by atoms with Crippen molar-refractivity contribution >= 4 is 13.7 Å². The first-order valence-electron chi connectivity index (χ1n) is 4.30. The number of carbonyl (C=O) groups excluding carboxylic acids is 1. The van der Waals surface area contributed by atoms with Gasteiger partial charge < -0.3 is 10.3 Å². The quantitative estimate of drug-likeness (QED) is 0.430. The maximum Gasteiger partial charge on any atom is 0.529 e. The van der Waals surface area contributed by atoms with Crippen molar-refractivity contribution in [3.8, 4) is 0 Å². The molecule has 0 aromatic carbocycles. The molecule has 0 saturated heterocycles. The molecule has 0 aromatic heterocycles. The van der Waals surface area contributed by atoms with E-state index in [4.69, 9.17) is 10.3 Å². The Morgan fingerprint density at radius 2 is 1.80 bits per heavy atom. The van der Waals surface area contributed by atoms with Crippen molar-refractivity contribution in [3.63, 3.8) is 0 Å². The second-order valence-corrected chi connectivity index (χ2v) is 4.48. The van der Waals surface area contributed by atoms with Gasteiger partial charge in [0.05, 0.1) is 5.57 Å². The Morgan fingerprint density at radius 3 is 2.07 bits per heavy atom. The minimum absolute atomic E-state index is 0.201. The Bertz CT molecular complexity index is 304. The van der Waals surface area contributed by atoms with Crippen LogP contribution in [0.1, 0.15) is 20.3 Å². The highest BCUT2D eigenvalue weighted by Gasteiger charge is 2.26. The average Bonchev–Trinajstić information content (AvgIpc) is 2.24. The minimum atomic E-state index is -3.61. The molecular weight excluding hydrogens is 221 g/mol. The van der Waals surface area contributed by atoms with Gasteiger partial charge in [0.25, 0.3) is 0 Å². The lowest BCUT2D eigenvalue weighted by atomic mass is 10.2. The first-order valence-corrected chi connectivity index (χ1v) is 5.76. The van der Waals surface area contributed by atoms with Gasteiger partial charge in [-0.3, -0.25) is 13.8 Å². The Labute approximate surface area is 89.0 Å². The molecule has 0 bridgehead atoms. The molecule has 0 aliphatic carbocycles. The number of phosphoric ester groups is 1. The molecule has 6 nitrogen and oxygen atoms in total. The number of primary amides is 1. The lowest BCUT2D eigenvalue weighted by molar-refractivity contribution is -0.114. The third-order valence-electron chi connectivity index (χ3n) is 1.78. The zero-order valence-electron chi connectivity index (χ0n) is 9.27. The van der Waals surface area contributed by atoms with E-state index in [1.165, 1.54) is 21.1 Å². The van der Waals surface area contributed by atoms with Crippen molar-refractivity contribution in [3.05, 3.63) is 11.3 Å². The summed E-state index contributed by atoms with van der Waals surface area (Å²) in [6, 6.07) is 0. The van der Waals surface area contributed by atoms with Crippen LogP contribution in [0.25, 0.3) is 0 Å². The molecule has 0 atom stereocenters. The van der Waals surface area contributed by atoms with Crippen LogP contribution in [0.2, 0.25) is 0 Å². The summed E-state index contributed by atoms with van der Waals surface area (Å²) in [6.45, 7) is 3.22. The third-order valence-corrected chi connectivity index (χ3v) is 3.12. The second kappa shape index (κ2) is 5.90. The number of phosphoric acid groups is 1. The third kappa shape index (κ3) is 4.03. The van der Waals surface area contributed by atoms with Crippen LogP contribution in [0.4, 0.5) is 0 Å². The Morgan fingerprint density at radius 1 is 1.33 bits per heavy atom. The summed E-state index contributed by atoms with van der Waals surface area (Å²) < 4.78 is 25.7. The standard InChI is InChI=1S/C8H16NO5P/c1-5-7(6(2)8(9)10)14-15(11,12-3)13-4/h5H2,1-4H3,(H2,9,10). The zero-order chi connectivity index (χ0) is 12.1. The SMILES string of the molecule is CCC(OP(=O)(OC)OC)=C(C)C(N)=O. The highest BCUT2D eigenvalue weighted by Crippen LogP contribution is 2.50. The summed E-state index contributed by atoms with van der Waals surface area (Å²) in [7, 11) is -1.23. The van der Waals surface area contributed by atoms with Crippen LogP contribution in [-0.2, 0) is 22.9 Å². The fourth-order valence-electron chi connectivity index (χ4n) is 0.820. The van der Waals surface area contributed by atoms with Crippen LogP contribution in [0.3, 0.4) is 0 Å². The number of carbonyl (C=O) groups is 1. The number of hydrogen-bond donors (Lipinski definition) is 1. The summed E-state index contributed by atoms with van der Waals surface area (Å²) in [5.74, 6) is -0.430. The van der Waals surface area contributed by atoms with Crippen molar-refractivity contribution in [2.24, 2.45) is 5.73 Å². The highest BCUT2D eigenvalue weighted by molar-refractivity contribution is 7.48. The molecule has 0 saturated carbocycles. The summed E-state index contributed by atoms with van der Waals surface area (Å²) >= 11 is 0. The zero-order valence-corrected chi connectivity index (χ0v) is 10.2. The number of hydrogen-bond acceptors (Lipinski definition) is 5. The van der Waals surface area contributed by atoms with Crippen molar-refractivity contribution < 1.29 is 22.9 Å². The molecule has 15 heavy (non-hydrogen) atoms. The van der Waals surface area contributed by atoms with Gasteiger partial charge in [0.15, 0.2) is 0 Å². The van der Waals surface area contributed by atoms with Crippen molar-refractivity contribution in [2.75, 3.05) is 14.2 Å². The molecule has 0 unspecified atom stereocenters. The summed E-state index contributed by atoms with van der Waals surface area (Å²) in [6.07, 6.45) is 0.367. The lowest BCUT2D eigenvalue weighted by Crippen LogP contribution is -2.14. The van der Waals surface area contributed by atoms with E-state index in [1.807, 2.05) is 0 Å². The van der Waals surface area contributed by atoms with Gasteiger partial charge >= 0.3 is 7.82 Å². The normalized spacial score (nSPS) is 13.3. The van der Waals surface area contributed by atoms with Crippen molar-refractivity contribution in [1.29, 1.82) is 0 Å². The average molecular weight is 237 g/mol. The number of nitrogens with two attached hydrogens (primary N) is 1. The molecule has 0 aliphatic rings. The molecule has 0 heterocycles. The number of rotatable bonds is 6. The molecule has 0 spiro atoms. The molecule has 2 N–H and O–H groups in total. The highest BCUT2D eigenvalue weighted by atomic mass is 31.2. The second-order valence-electron chi connectivity index (χ2n) is 2.67. The van der Waals surface area contributed by atoms with Crippen LogP contribution in [0.5, 0.6) is 0 Å². The van der Waals surface area contributed by atoms with E-state index in [9.17, 15) is 9.36 Å². The minimum Gasteiger partial charge on any atom is -0.408 e. The summed E-state index contributed by atoms with van der Waals surface area (Å²) in [5, 5.41) is 0. The Balaban J connectivity index is 4.96. The Hall–Kier alpha value is -0.840. The summed E-state index contributed by atoms with van der Waals surface area (Å²) in [5.41, 5.74) is 5.27. The van der Waals surface area contributed by atoms with E-state index in [0.29, 0.717) is 6.42 Å². The largest absolute Gasteiger partial charge is 0.529 e. The molecule has 1 amide bonds. The van der Waals surface area contributed by atoms with Gasteiger partial charge in [-0.15, -0.1) is 0 Å². The van der Waals surface area contributed by atoms with E-state index < -0.39 is 13.7 Å². The van der Waals surface area contributed by atoms with Crippen LogP contribution < -0.4 is 5.73 Å². The van der Waals surface area contributed by atoms with E-state index in [2.05, 4.69) is 9.05 Å². The van der Waals surface area contributed by atoms with Gasteiger partial charge in [0, 0.05) is 20.6 Å². The molecule has 88 valence electrons. The molecule has 0 radical (unpaired) electrons. The van der Waals surface area contributed by atoms with Gasteiger partial charge in [-0.05, 0) is 6.92 Å². The molecular formula is C8H16NO5P. The van der Waals surface area contributed by atoms with Crippen LogP contribution in [0, 0.1) is 0 Å². The van der Waals surface area contributed by atoms with Gasteiger partial charge in [-0.1, -0.05) is 6.92 Å². The van der Waals surface area contributed by atoms with Crippen LogP contribution >= 0.6 is 7.82 Å². The van der Waals surface area contributed by atoms with E-state index in [0.717, 1.165) is 0 Å². The first kappa shape index (κ1) is 14.2. The smallest absolute Gasteiger partial charge is 0.408 e. The van der Waals surface area contributed by atoms with Gasteiger partial charge in [-0.25, -0.2) is 4.57 Å². The molecule has 7 heteroatoms. The van der Waals surface area contributed by atoms with Crippen molar-refractivity contribution in [1.82, 2.24) is 0 Å². The first-order chi connectivity index (χ1) is 6.90. The van der Waals surface area contributed by atoms with E-state index >= 15 is 0 Å². The number of amides is 1. The molecule has 0 aromatic rings. The summed E-state index contributed by atoms with van der Waals surface area (Å²) in [4.78, 5) is 10.9. The molecule has 0 aliphatic heterocycles. The van der Waals surface area contributed by atoms with Gasteiger partial charge in [-0.2, -0.15) is 0 Å². The molecule has 0 fully saturated rings. The molecule has 0 rings (SSSR count). The maximum atomic E-state index is 11.6. The lowest BCUT2D eigenvalue weighted by Gasteiger charge is -2.17. The van der Waals surface area contributed by atoms with Gasteiger partial charge in [0.1, 0.15) is 5.76 Å². The predicted molar refractivity (Wildman–Crippen MR) is 54.9 cm³/mol. The van der Waals surface area contributed by atoms with E-state index in [1.54, 1.807) is 6.92 Å². The van der Waals surface area contributed by atoms with Crippen LogP contribution in [-0.4, -0.2) is 20.1 Å². The van der Waals surface area contributed by atoms with Crippen molar-refractivity contribution in [2.45, 2.75) is 20.3 Å². The fourth-order valence-corrected chi connectivity index (χ4v) is 1.65. The van der Waals surface area contributed by atoms with Gasteiger partial charge in [0.2, 0.25) is 5.91 Å². The van der Waals surface area contributed by atoms with Crippen LogP contribution in [0.15, 0.2) is 11.3 Å². The maximum absolute atomic E-state index is 11.6. The Kier molecular flexibility index (Phi) is 5.57.